The van der Waals surface area contributed by atoms with Gasteiger partial charge in [-0.25, -0.2) is 4.79 Å². The second kappa shape index (κ2) is 3.15. The Labute approximate surface area is 87.1 Å². The van der Waals surface area contributed by atoms with E-state index in [4.69, 9.17) is 0 Å². The zero-order valence-corrected chi connectivity index (χ0v) is 8.17. The van der Waals surface area contributed by atoms with E-state index in [2.05, 4.69) is 22.2 Å². The highest BCUT2D eigenvalue weighted by atomic mass is 16.7. The van der Waals surface area contributed by atoms with E-state index >= 15 is 0 Å². The molecule has 3 rings (SSSR count). The van der Waals surface area contributed by atoms with Crippen LogP contribution in [0.15, 0.2) is 35.6 Å². The van der Waals surface area contributed by atoms with Crippen LogP contribution in [0.2, 0.25) is 0 Å². The van der Waals surface area contributed by atoms with Gasteiger partial charge in [-0.1, -0.05) is 35.0 Å². The Hall–Kier alpha value is -1.71. The molecular formula is C11H11N2O2+. The maximum Gasteiger partial charge on any atom is 0.411 e. The Morgan fingerprint density at radius 3 is 2.93 bits per heavy atom. The average Bonchev–Trinajstić information content (AvgIpc) is 2.84. The zero-order valence-electron chi connectivity index (χ0n) is 8.17. The topological polar surface area (TPSA) is 41.7 Å². The molecule has 4 heteroatoms. The number of hydrogen-bond donors (Lipinski definition) is 0. The highest BCUT2D eigenvalue weighted by Gasteiger charge is 2.52. The van der Waals surface area contributed by atoms with E-state index in [1.165, 1.54) is 5.56 Å². The lowest BCUT2D eigenvalue weighted by atomic mass is 9.92. The molecule has 0 amide bonds. The smallest absolute Gasteiger partial charge is 0.261 e. The summed E-state index contributed by atoms with van der Waals surface area (Å²) in [6.45, 7) is 0.802. The molecule has 1 fully saturated rings. The molecule has 2 heterocycles. The fraction of sp³-hybridized carbons (Fsp3) is 0.364. The van der Waals surface area contributed by atoms with E-state index in [1.807, 2.05) is 18.2 Å². The number of benzene rings is 1. The van der Waals surface area contributed by atoms with Gasteiger partial charge in [-0.2, -0.15) is 0 Å². The minimum absolute atomic E-state index is 0.201. The van der Waals surface area contributed by atoms with Crippen LogP contribution in [-0.4, -0.2) is 23.3 Å². The number of nitrogens with zero attached hydrogens (tertiary/aromatic N) is 2. The van der Waals surface area contributed by atoms with E-state index in [1.54, 1.807) is 4.70 Å². The Balaban J connectivity index is 1.96. The minimum Gasteiger partial charge on any atom is -0.261 e. The summed E-state index contributed by atoms with van der Waals surface area (Å²) in [4.78, 5) is 16.2. The van der Waals surface area contributed by atoms with E-state index in [-0.39, 0.29) is 17.9 Å². The summed E-state index contributed by atoms with van der Waals surface area (Å²) in [6.07, 6.45) is 0.966. The fourth-order valence-corrected chi connectivity index (χ4v) is 2.35. The molecule has 4 nitrogen and oxygen atoms in total. The van der Waals surface area contributed by atoms with Crippen molar-refractivity contribution in [3.05, 3.63) is 35.9 Å². The van der Waals surface area contributed by atoms with Gasteiger partial charge in [-0.3, -0.25) is 4.84 Å². The van der Waals surface area contributed by atoms with Crippen molar-refractivity contribution in [3.63, 3.8) is 0 Å². The van der Waals surface area contributed by atoms with Crippen molar-refractivity contribution in [2.75, 3.05) is 6.54 Å². The third-order valence-corrected chi connectivity index (χ3v) is 3.08. The number of carbonyl (C=O) groups excluding carboxylic acids is 1. The summed E-state index contributed by atoms with van der Waals surface area (Å²) < 4.78 is 1.75. The predicted octanol–water partition coefficient (Wildman–Crippen LogP) is 1.48. The molecule has 15 heavy (non-hydrogen) atoms. The molecule has 76 valence electrons. The largest absolute Gasteiger partial charge is 0.411 e. The zero-order chi connectivity index (χ0) is 10.3. The molecule has 0 aromatic heterocycles. The quantitative estimate of drug-likeness (QED) is 0.649. The Morgan fingerprint density at radius 1 is 1.33 bits per heavy atom. The van der Waals surface area contributed by atoms with Gasteiger partial charge in [0.05, 0.1) is 5.92 Å². The van der Waals surface area contributed by atoms with Crippen molar-refractivity contribution in [2.24, 2.45) is 5.28 Å². The first-order valence-corrected chi connectivity index (χ1v) is 5.09. The summed E-state index contributed by atoms with van der Waals surface area (Å²) >= 11 is 0. The maximum absolute atomic E-state index is 11.5. The number of carbonyl (C=O) groups is 1. The first-order valence-electron chi connectivity index (χ1n) is 5.09. The highest BCUT2D eigenvalue weighted by molar-refractivity contribution is 5.76. The monoisotopic (exact) mass is 203 g/mol. The van der Waals surface area contributed by atoms with Crippen LogP contribution in [-0.2, 0) is 9.63 Å². The summed E-state index contributed by atoms with van der Waals surface area (Å²) in [5.74, 6) is 0.00584. The standard InChI is InChI=1S/C11H11N2O2/c14-11-10-9(6-7-13(10)12-15-11)8-4-2-1-3-5-8/h1-5,9-10H,6-7H2/q+1/t9-,10?/m1/s1. The summed E-state index contributed by atoms with van der Waals surface area (Å²) in [7, 11) is 0. The molecule has 1 unspecified atom stereocenters. The molecular weight excluding hydrogens is 192 g/mol. The lowest BCUT2D eigenvalue weighted by Crippen LogP contribution is -2.26. The summed E-state index contributed by atoms with van der Waals surface area (Å²) in [6, 6.07) is 9.88. The van der Waals surface area contributed by atoms with Gasteiger partial charge >= 0.3 is 5.97 Å². The molecule has 0 N–H and O–H groups in total. The van der Waals surface area contributed by atoms with Crippen LogP contribution < -0.4 is 0 Å². The van der Waals surface area contributed by atoms with Crippen molar-refractivity contribution in [3.8, 4) is 0 Å². The van der Waals surface area contributed by atoms with Crippen LogP contribution in [0.25, 0.3) is 0 Å². The van der Waals surface area contributed by atoms with Gasteiger partial charge in [-0.15, -0.1) is 0 Å². The van der Waals surface area contributed by atoms with Gasteiger partial charge in [0.15, 0.2) is 11.8 Å². The lowest BCUT2D eigenvalue weighted by Gasteiger charge is -2.07. The second-order valence-electron chi connectivity index (χ2n) is 3.91. The number of fused-ring (bicyclic) bond motifs is 1. The minimum atomic E-state index is -0.221. The van der Waals surface area contributed by atoms with Gasteiger partial charge in [0, 0.05) is 6.42 Å². The molecule has 2 atom stereocenters. The van der Waals surface area contributed by atoms with E-state index in [0.29, 0.717) is 0 Å². The van der Waals surface area contributed by atoms with Crippen LogP contribution in [0.5, 0.6) is 0 Å². The van der Waals surface area contributed by atoms with Crippen LogP contribution in [0.1, 0.15) is 17.9 Å². The van der Waals surface area contributed by atoms with Gasteiger partial charge in [0.1, 0.15) is 0 Å². The average molecular weight is 203 g/mol. The molecule has 1 aromatic rings. The Bertz CT molecular complexity index is 427. The van der Waals surface area contributed by atoms with Crippen LogP contribution in [0, 0.1) is 0 Å². The maximum atomic E-state index is 11.5. The summed E-state index contributed by atoms with van der Waals surface area (Å²) in [5, 5.41) is 3.74. The molecule has 2 aliphatic heterocycles. The third kappa shape index (κ3) is 1.25. The van der Waals surface area contributed by atoms with Gasteiger partial charge in [-0.05, 0) is 5.56 Å². The van der Waals surface area contributed by atoms with Gasteiger partial charge in [0.25, 0.3) is 6.04 Å². The molecule has 1 aromatic carbocycles. The molecule has 0 radical (unpaired) electrons. The Kier molecular flexibility index (Phi) is 1.80. The molecule has 0 saturated carbocycles. The van der Waals surface area contributed by atoms with E-state index in [9.17, 15) is 4.79 Å². The van der Waals surface area contributed by atoms with Crippen molar-refractivity contribution < 1.29 is 14.3 Å². The van der Waals surface area contributed by atoms with Crippen molar-refractivity contribution in [2.45, 2.75) is 18.4 Å². The summed E-state index contributed by atoms with van der Waals surface area (Å²) in [5.41, 5.74) is 1.19. The number of rotatable bonds is 1. The van der Waals surface area contributed by atoms with Crippen molar-refractivity contribution in [1.29, 1.82) is 0 Å². The van der Waals surface area contributed by atoms with Crippen molar-refractivity contribution in [1.82, 2.24) is 0 Å². The SMILES string of the molecule is O=C1ON=[N+]2CC[C@H](c3ccccc3)C12. The Morgan fingerprint density at radius 2 is 2.13 bits per heavy atom. The molecule has 0 aliphatic carbocycles. The van der Waals surface area contributed by atoms with E-state index < -0.39 is 0 Å². The molecule has 1 saturated heterocycles. The van der Waals surface area contributed by atoms with Crippen LogP contribution in [0.4, 0.5) is 0 Å². The van der Waals surface area contributed by atoms with Crippen molar-refractivity contribution >= 4 is 5.97 Å². The predicted molar refractivity (Wildman–Crippen MR) is 51.2 cm³/mol. The van der Waals surface area contributed by atoms with E-state index in [0.717, 1.165) is 13.0 Å². The van der Waals surface area contributed by atoms with Crippen LogP contribution in [0.3, 0.4) is 0 Å². The first kappa shape index (κ1) is 8.59. The lowest BCUT2D eigenvalue weighted by molar-refractivity contribution is -0.598. The highest BCUT2D eigenvalue weighted by Crippen LogP contribution is 2.34. The molecule has 2 aliphatic rings. The van der Waals surface area contributed by atoms with Gasteiger partial charge in [0.2, 0.25) is 0 Å². The molecule has 0 bridgehead atoms. The normalized spacial score (nSPS) is 28.5. The first-order chi connectivity index (χ1) is 7.36. The van der Waals surface area contributed by atoms with Crippen LogP contribution >= 0.6 is 0 Å². The molecule has 0 spiro atoms. The fourth-order valence-electron chi connectivity index (χ4n) is 2.35. The third-order valence-electron chi connectivity index (χ3n) is 3.08. The van der Waals surface area contributed by atoms with Gasteiger partial charge < -0.3 is 0 Å². The second-order valence-corrected chi connectivity index (χ2v) is 3.91. The number of hydrogen-bond acceptors (Lipinski definition) is 3.